The van der Waals surface area contributed by atoms with Crippen LogP contribution in [0.1, 0.15) is 12.5 Å². The average Bonchev–Trinajstić information content (AvgIpc) is 2.92. The Labute approximate surface area is 107 Å². The van der Waals surface area contributed by atoms with E-state index in [0.29, 0.717) is 0 Å². The van der Waals surface area contributed by atoms with Crippen LogP contribution in [0.5, 0.6) is 0 Å². The van der Waals surface area contributed by atoms with Crippen molar-refractivity contribution < 1.29 is 22.2 Å². The molecule has 0 atom stereocenters. The summed E-state index contributed by atoms with van der Waals surface area (Å²) in [5.41, 5.74) is 1.75. The summed E-state index contributed by atoms with van der Waals surface area (Å²) in [4.78, 5) is 0. The number of hydrogen-bond acceptors (Lipinski definition) is 1. The molecule has 0 fully saturated rings. The summed E-state index contributed by atoms with van der Waals surface area (Å²) in [5, 5.41) is 10.5. The van der Waals surface area contributed by atoms with E-state index in [1.54, 1.807) is 6.92 Å². The molecule has 0 spiro atoms. The van der Waals surface area contributed by atoms with Gasteiger partial charge in [0.05, 0.1) is 0 Å². The van der Waals surface area contributed by atoms with Crippen LogP contribution in [0.3, 0.4) is 0 Å². The number of rotatable bonds is 0. The van der Waals surface area contributed by atoms with Crippen LogP contribution in [-0.2, 0) is 17.1 Å². The first kappa shape index (κ1) is 14.4. The van der Waals surface area contributed by atoms with Gasteiger partial charge in [0.2, 0.25) is 0 Å². The first-order valence-corrected chi connectivity index (χ1v) is 4.65. The molecule has 0 heterocycles. The summed E-state index contributed by atoms with van der Waals surface area (Å²) >= 11 is 0. The van der Waals surface area contributed by atoms with Crippen LogP contribution in [0.2, 0.25) is 0 Å². The molecule has 1 aromatic carbocycles. The second kappa shape index (κ2) is 7.70. The van der Waals surface area contributed by atoms with Crippen LogP contribution in [0.4, 0.5) is 0 Å². The molecule has 0 aromatic heterocycles. The van der Waals surface area contributed by atoms with E-state index in [-0.39, 0.29) is 22.8 Å². The molecular weight excluding hydrogens is 240 g/mol. The predicted octanol–water partition coefficient (Wildman–Crippen LogP) is 2.13. The molecule has 82 valence electrons. The van der Waals surface area contributed by atoms with Crippen LogP contribution < -0.4 is 5.11 Å². The fourth-order valence-electron chi connectivity index (χ4n) is 1.08. The first-order chi connectivity index (χ1) is 7.24. The van der Waals surface area contributed by atoms with Gasteiger partial charge in [-0.3, -0.25) is 0 Å². The van der Waals surface area contributed by atoms with Crippen molar-refractivity contribution >= 4 is 0 Å². The van der Waals surface area contributed by atoms with Gasteiger partial charge in [-0.25, -0.2) is 0 Å². The van der Waals surface area contributed by atoms with Gasteiger partial charge in [0.1, 0.15) is 0 Å². The van der Waals surface area contributed by atoms with Crippen molar-refractivity contribution in [1.82, 2.24) is 0 Å². The van der Waals surface area contributed by atoms with Crippen LogP contribution in [0, 0.1) is 12.3 Å². The Morgan fingerprint density at radius 3 is 2.25 bits per heavy atom. The van der Waals surface area contributed by atoms with E-state index in [2.05, 4.69) is 5.92 Å². The molecule has 0 bridgehead atoms. The van der Waals surface area contributed by atoms with Crippen LogP contribution in [-0.4, -0.2) is 0 Å². The zero-order chi connectivity index (χ0) is 11.1. The van der Waals surface area contributed by atoms with Crippen LogP contribution in [0.25, 0.3) is 0 Å². The zero-order valence-electron chi connectivity index (χ0n) is 8.96. The van der Waals surface area contributed by atoms with E-state index >= 15 is 0 Å². The van der Waals surface area contributed by atoms with Gasteiger partial charge in [0, 0.05) is 0 Å². The molecule has 0 saturated heterocycles. The third-order valence-electron chi connectivity index (χ3n) is 1.90. The van der Waals surface area contributed by atoms with Gasteiger partial charge in [-0.2, -0.15) is 30.5 Å². The minimum Gasteiger partial charge on any atom is -0.875 e. The van der Waals surface area contributed by atoms with E-state index in [9.17, 15) is 5.11 Å². The fourth-order valence-corrected chi connectivity index (χ4v) is 1.08. The van der Waals surface area contributed by atoms with Gasteiger partial charge in [-0.05, 0) is 5.57 Å². The Morgan fingerprint density at radius 2 is 2.00 bits per heavy atom. The second-order valence-electron chi connectivity index (χ2n) is 3.05. The molecule has 0 radical (unpaired) electrons. The van der Waals surface area contributed by atoms with Crippen molar-refractivity contribution in [2.75, 3.05) is 0 Å². The summed E-state index contributed by atoms with van der Waals surface area (Å²) in [6.45, 7) is 1.56. The van der Waals surface area contributed by atoms with E-state index in [0.717, 1.165) is 11.1 Å². The van der Waals surface area contributed by atoms with Gasteiger partial charge in [0.15, 0.2) is 0 Å². The van der Waals surface area contributed by atoms with Crippen molar-refractivity contribution in [2.45, 2.75) is 6.92 Å². The summed E-state index contributed by atoms with van der Waals surface area (Å²) in [7, 11) is 0. The Hall–Kier alpha value is -1.55. The zero-order valence-corrected chi connectivity index (χ0v) is 10.1. The Bertz CT molecular complexity index is 410. The Kier molecular flexibility index (Phi) is 6.96. The topological polar surface area (TPSA) is 23.1 Å². The predicted molar refractivity (Wildman–Crippen MR) is 61.0 cm³/mol. The maximum Gasteiger partial charge on any atom is 2.00 e. The third-order valence-corrected chi connectivity index (χ3v) is 1.90. The van der Waals surface area contributed by atoms with Crippen molar-refractivity contribution in [3.63, 3.8) is 0 Å². The van der Waals surface area contributed by atoms with Crippen molar-refractivity contribution in [2.24, 2.45) is 0 Å². The molecule has 2 heteroatoms. The Morgan fingerprint density at radius 1 is 1.38 bits per heavy atom. The minimum atomic E-state index is 0. The Balaban J connectivity index is 0.000000267. The normalized spacial score (nSPS) is 11.1. The van der Waals surface area contributed by atoms with E-state index in [1.165, 1.54) is 0 Å². The molecule has 0 unspecified atom stereocenters. The van der Waals surface area contributed by atoms with E-state index < -0.39 is 0 Å². The molecule has 0 aliphatic heterocycles. The molecule has 1 aliphatic carbocycles. The van der Waals surface area contributed by atoms with Crippen LogP contribution >= 0.6 is 0 Å². The van der Waals surface area contributed by atoms with Crippen molar-refractivity contribution in [3.8, 4) is 12.3 Å². The largest absolute Gasteiger partial charge is 2.00 e. The smallest absolute Gasteiger partial charge is 0.875 e. The summed E-state index contributed by atoms with van der Waals surface area (Å²) in [6.07, 6.45) is 12.4. The third kappa shape index (κ3) is 4.79. The van der Waals surface area contributed by atoms with E-state index in [1.807, 2.05) is 48.6 Å². The maximum absolute atomic E-state index is 10.5. The summed E-state index contributed by atoms with van der Waals surface area (Å²) in [5.74, 6) is 2.64. The standard InChI is InChI=1S/C7H8O.C7H5.Fe/c1-6(8)7-4-2-3-5-7;1-2-7-5-3-4-6-7;/h2-5,8H,1H3;1,3-6H;/q;-1;+2/p-1. The molecule has 1 aliphatic rings. The second-order valence-corrected chi connectivity index (χ2v) is 3.05. The minimum absolute atomic E-state index is 0. The molecule has 1 nitrogen and oxygen atoms in total. The average molecular weight is 252 g/mol. The van der Waals surface area contributed by atoms with Gasteiger partial charge >= 0.3 is 17.1 Å². The number of allylic oxidation sites excluding steroid dienone is 6. The monoisotopic (exact) mass is 252 g/mol. The summed E-state index contributed by atoms with van der Waals surface area (Å²) in [6, 6.07) is 7.66. The van der Waals surface area contributed by atoms with Crippen molar-refractivity contribution in [3.05, 3.63) is 65.5 Å². The quantitative estimate of drug-likeness (QED) is 0.300. The molecule has 0 saturated carbocycles. The van der Waals surface area contributed by atoms with Gasteiger partial charge in [0.25, 0.3) is 0 Å². The molecular formula is C14H12FeO. The maximum atomic E-state index is 10.5. The number of hydrogen-bond donors (Lipinski definition) is 0. The van der Waals surface area contributed by atoms with Gasteiger partial charge in [-0.15, -0.1) is 17.4 Å². The van der Waals surface area contributed by atoms with Crippen LogP contribution in [0.15, 0.2) is 59.9 Å². The molecule has 0 N–H and O–H groups in total. The fraction of sp³-hybridized carbons (Fsp3) is 0.0714. The molecule has 2 rings (SSSR count). The molecule has 16 heavy (non-hydrogen) atoms. The first-order valence-electron chi connectivity index (χ1n) is 4.65. The molecule has 1 aromatic rings. The molecule has 0 amide bonds. The van der Waals surface area contributed by atoms with Crippen molar-refractivity contribution in [1.29, 1.82) is 0 Å². The SMILES string of the molecule is C#Cc1ccc[cH-]1.CC([O-])=C1C=CC=C1.[Fe+2]. The van der Waals surface area contributed by atoms with Gasteiger partial charge in [-0.1, -0.05) is 31.2 Å². The van der Waals surface area contributed by atoms with Gasteiger partial charge < -0.3 is 5.11 Å². The summed E-state index contributed by atoms with van der Waals surface area (Å²) < 4.78 is 0. The van der Waals surface area contributed by atoms with E-state index in [4.69, 9.17) is 6.42 Å². The number of terminal acetylenes is 1.